The van der Waals surface area contributed by atoms with Gasteiger partial charge >= 0.3 is 0 Å². The predicted octanol–water partition coefficient (Wildman–Crippen LogP) is 3.17. The van der Waals surface area contributed by atoms with Crippen LogP contribution in [0.4, 0.5) is 0 Å². The van der Waals surface area contributed by atoms with Crippen LogP contribution in [0.2, 0.25) is 0 Å². The number of unbranched alkanes of at least 4 members (excludes halogenated alkanes) is 3. The zero-order valence-corrected chi connectivity index (χ0v) is 17.4. The Morgan fingerprint density at radius 3 is 2.86 bits per heavy atom. The van der Waals surface area contributed by atoms with Crippen LogP contribution in [-0.2, 0) is 22.6 Å². The second-order valence-corrected chi connectivity index (χ2v) is 9.00. The number of nitrogens with zero attached hydrogens (tertiary/aromatic N) is 2. The van der Waals surface area contributed by atoms with Crippen molar-refractivity contribution in [2.24, 2.45) is 0 Å². The van der Waals surface area contributed by atoms with Gasteiger partial charge in [0, 0.05) is 35.8 Å². The number of hydrogen-bond acceptors (Lipinski definition) is 4. The Morgan fingerprint density at radius 1 is 1.14 bits per heavy atom. The van der Waals surface area contributed by atoms with Crippen LogP contribution in [0.25, 0.3) is 10.1 Å². The Balaban J connectivity index is 1.52. The van der Waals surface area contributed by atoms with Gasteiger partial charge in [-0.25, -0.2) is 0 Å². The van der Waals surface area contributed by atoms with Crippen LogP contribution in [0.1, 0.15) is 43.0 Å². The van der Waals surface area contributed by atoms with Crippen LogP contribution >= 0.6 is 11.3 Å². The molecule has 0 radical (unpaired) electrons. The standard InChI is InChI=1S/C22H29N3O2S/c1-2-3-4-5-9-20-17(16-8-6-7-10-19(16)28-20)14-24-11-12-25-18(15-24)22(27)23-13-21(25)26/h6-8,10,18H,2-5,9,11-15H2,1H3,(H,23,27). The molecule has 1 unspecified atom stereocenters. The average molecular weight is 400 g/mol. The van der Waals surface area contributed by atoms with Crippen molar-refractivity contribution < 1.29 is 9.59 Å². The van der Waals surface area contributed by atoms with Crippen molar-refractivity contribution in [2.45, 2.75) is 51.6 Å². The van der Waals surface area contributed by atoms with Crippen molar-refractivity contribution in [3.63, 3.8) is 0 Å². The van der Waals surface area contributed by atoms with Gasteiger partial charge in [0.25, 0.3) is 0 Å². The van der Waals surface area contributed by atoms with Crippen molar-refractivity contribution in [1.29, 1.82) is 0 Å². The van der Waals surface area contributed by atoms with Gasteiger partial charge in [-0.1, -0.05) is 44.4 Å². The lowest BCUT2D eigenvalue weighted by Crippen LogP contribution is -2.65. The second kappa shape index (κ2) is 8.62. The van der Waals surface area contributed by atoms with Gasteiger partial charge in [0.05, 0.1) is 6.54 Å². The molecular weight excluding hydrogens is 370 g/mol. The number of thiophene rings is 1. The molecule has 3 heterocycles. The normalized spacial score (nSPS) is 20.5. The topological polar surface area (TPSA) is 52.6 Å². The largest absolute Gasteiger partial charge is 0.345 e. The van der Waals surface area contributed by atoms with E-state index in [9.17, 15) is 9.59 Å². The summed E-state index contributed by atoms with van der Waals surface area (Å²) in [5.74, 6) is 0.0288. The van der Waals surface area contributed by atoms with Gasteiger partial charge in [-0.2, -0.15) is 0 Å². The molecule has 2 aliphatic rings. The van der Waals surface area contributed by atoms with E-state index >= 15 is 0 Å². The molecule has 1 aromatic carbocycles. The quantitative estimate of drug-likeness (QED) is 0.728. The van der Waals surface area contributed by atoms with Crippen molar-refractivity contribution in [3.05, 3.63) is 34.7 Å². The Hall–Kier alpha value is -1.92. The van der Waals surface area contributed by atoms with Gasteiger partial charge in [-0.3, -0.25) is 14.5 Å². The molecule has 1 N–H and O–H groups in total. The Morgan fingerprint density at radius 2 is 2.00 bits per heavy atom. The highest BCUT2D eigenvalue weighted by atomic mass is 32.1. The van der Waals surface area contributed by atoms with Gasteiger partial charge < -0.3 is 10.2 Å². The molecule has 2 aliphatic heterocycles. The number of benzene rings is 1. The Bertz CT molecular complexity index is 863. The number of carbonyl (C=O) groups is 2. The molecule has 5 nitrogen and oxygen atoms in total. The van der Waals surface area contributed by atoms with E-state index in [4.69, 9.17) is 0 Å². The number of aryl methyl sites for hydroxylation is 1. The Labute approximate surface area is 170 Å². The number of fused-ring (bicyclic) bond motifs is 2. The van der Waals surface area contributed by atoms with E-state index in [1.807, 2.05) is 11.3 Å². The van der Waals surface area contributed by atoms with Gasteiger partial charge in [0.1, 0.15) is 6.04 Å². The van der Waals surface area contributed by atoms with Crippen molar-refractivity contribution in [3.8, 4) is 0 Å². The number of amides is 2. The van der Waals surface area contributed by atoms with Crippen LogP contribution in [0.5, 0.6) is 0 Å². The van der Waals surface area contributed by atoms with Gasteiger partial charge in [0.15, 0.2) is 0 Å². The molecule has 1 atom stereocenters. The summed E-state index contributed by atoms with van der Waals surface area (Å²) in [5.41, 5.74) is 1.42. The van der Waals surface area contributed by atoms with E-state index in [1.165, 1.54) is 46.2 Å². The number of carbonyl (C=O) groups excluding carboxylic acids is 2. The summed E-state index contributed by atoms with van der Waals surface area (Å²) in [7, 11) is 0. The van der Waals surface area contributed by atoms with Crippen LogP contribution < -0.4 is 5.32 Å². The molecule has 6 heteroatoms. The molecule has 1 aromatic heterocycles. The van der Waals surface area contributed by atoms with E-state index < -0.39 is 0 Å². The lowest BCUT2D eigenvalue weighted by atomic mass is 10.0. The van der Waals surface area contributed by atoms with E-state index in [2.05, 4.69) is 41.4 Å². The summed E-state index contributed by atoms with van der Waals surface area (Å²) in [4.78, 5) is 30.0. The van der Waals surface area contributed by atoms with Crippen molar-refractivity contribution in [1.82, 2.24) is 15.1 Å². The van der Waals surface area contributed by atoms with Gasteiger partial charge in [-0.15, -0.1) is 11.3 Å². The Kier molecular flexibility index (Phi) is 5.97. The fourth-order valence-corrected chi connectivity index (χ4v) is 5.61. The molecule has 0 bridgehead atoms. The van der Waals surface area contributed by atoms with Crippen molar-refractivity contribution in [2.75, 3.05) is 26.2 Å². The summed E-state index contributed by atoms with van der Waals surface area (Å²) in [6.45, 7) is 5.35. The number of nitrogens with one attached hydrogen (secondary N) is 1. The van der Waals surface area contributed by atoms with Gasteiger partial charge in [-0.05, 0) is 29.9 Å². The fraction of sp³-hybridized carbons (Fsp3) is 0.545. The lowest BCUT2D eigenvalue weighted by Gasteiger charge is -2.43. The molecule has 0 aliphatic carbocycles. The van der Waals surface area contributed by atoms with Crippen molar-refractivity contribution >= 4 is 33.2 Å². The monoisotopic (exact) mass is 399 g/mol. The zero-order valence-electron chi connectivity index (χ0n) is 16.6. The third-order valence-electron chi connectivity index (χ3n) is 5.92. The smallest absolute Gasteiger partial charge is 0.244 e. The molecule has 2 amide bonds. The maximum Gasteiger partial charge on any atom is 0.244 e. The van der Waals surface area contributed by atoms with E-state index in [0.29, 0.717) is 13.1 Å². The molecule has 2 aromatic rings. The maximum atomic E-state index is 12.3. The van der Waals surface area contributed by atoms with Crippen LogP contribution in [0.3, 0.4) is 0 Å². The average Bonchev–Trinajstić information content (AvgIpc) is 3.06. The molecule has 0 spiro atoms. The highest BCUT2D eigenvalue weighted by Crippen LogP contribution is 2.34. The second-order valence-electron chi connectivity index (χ2n) is 7.87. The first-order chi connectivity index (χ1) is 13.7. The van der Waals surface area contributed by atoms with Crippen LogP contribution in [-0.4, -0.2) is 53.8 Å². The molecule has 28 heavy (non-hydrogen) atoms. The highest BCUT2D eigenvalue weighted by Gasteiger charge is 2.38. The first-order valence-electron chi connectivity index (χ1n) is 10.5. The summed E-state index contributed by atoms with van der Waals surface area (Å²) in [5, 5.41) is 4.09. The fourth-order valence-electron chi connectivity index (χ4n) is 4.35. The van der Waals surface area contributed by atoms with E-state index in [1.54, 1.807) is 4.90 Å². The molecule has 2 fully saturated rings. The summed E-state index contributed by atoms with van der Waals surface area (Å²) >= 11 is 1.92. The van der Waals surface area contributed by atoms with Crippen LogP contribution in [0, 0.1) is 0 Å². The highest BCUT2D eigenvalue weighted by molar-refractivity contribution is 7.19. The number of hydrogen-bond donors (Lipinski definition) is 1. The minimum atomic E-state index is -0.340. The van der Waals surface area contributed by atoms with Gasteiger partial charge in [0.2, 0.25) is 11.8 Å². The maximum absolute atomic E-state index is 12.3. The third-order valence-corrected chi connectivity index (χ3v) is 7.20. The predicted molar refractivity (Wildman–Crippen MR) is 113 cm³/mol. The molecular formula is C22H29N3O2S. The first kappa shape index (κ1) is 19.4. The third kappa shape index (κ3) is 3.94. The summed E-state index contributed by atoms with van der Waals surface area (Å²) in [6, 6.07) is 8.33. The minimum absolute atomic E-state index is 0.0146. The summed E-state index contributed by atoms with van der Waals surface area (Å²) in [6.07, 6.45) is 6.21. The van der Waals surface area contributed by atoms with Crippen LogP contribution in [0.15, 0.2) is 24.3 Å². The SMILES string of the molecule is CCCCCCc1sc2ccccc2c1CN1CCN2C(=O)CNC(=O)C2C1. The lowest BCUT2D eigenvalue weighted by molar-refractivity contribution is -0.149. The number of rotatable bonds is 7. The first-order valence-corrected chi connectivity index (χ1v) is 11.3. The minimum Gasteiger partial charge on any atom is -0.345 e. The molecule has 0 saturated carbocycles. The van der Waals surface area contributed by atoms with E-state index in [0.717, 1.165) is 19.5 Å². The molecule has 4 rings (SSSR count). The zero-order chi connectivity index (χ0) is 19.5. The van der Waals surface area contributed by atoms with E-state index in [-0.39, 0.29) is 24.4 Å². The summed E-state index contributed by atoms with van der Waals surface area (Å²) < 4.78 is 1.35. The molecule has 150 valence electrons. The number of piperazine rings is 2. The molecule has 2 saturated heterocycles.